The van der Waals surface area contributed by atoms with Crippen molar-refractivity contribution in [3.8, 4) is 17.6 Å². The number of benzene rings is 2. The lowest BCUT2D eigenvalue weighted by Gasteiger charge is -2.03. The van der Waals surface area contributed by atoms with Crippen LogP contribution in [0.3, 0.4) is 0 Å². The minimum absolute atomic E-state index is 0.0467. The first-order valence-corrected chi connectivity index (χ1v) is 5.98. The molecule has 0 atom stereocenters. The summed E-state index contributed by atoms with van der Waals surface area (Å²) in [6.07, 6.45) is 0. The van der Waals surface area contributed by atoms with Crippen molar-refractivity contribution in [1.29, 1.82) is 0 Å². The number of aliphatic hydroxyl groups is 1. The second kappa shape index (κ2) is 4.72. The molecule has 4 heteroatoms. The Morgan fingerprint density at radius 1 is 1.05 bits per heavy atom. The molecule has 98 valence electrons. The first-order valence-electron chi connectivity index (χ1n) is 5.98. The summed E-state index contributed by atoms with van der Waals surface area (Å²) < 4.78 is 5.20. The van der Waals surface area contributed by atoms with Crippen LogP contribution in [-0.2, 0) is 0 Å². The van der Waals surface area contributed by atoms with E-state index in [1.54, 1.807) is 30.3 Å². The Morgan fingerprint density at radius 3 is 2.65 bits per heavy atom. The second-order valence-electron chi connectivity index (χ2n) is 4.29. The summed E-state index contributed by atoms with van der Waals surface area (Å²) in [4.78, 5) is 12.0. The van der Waals surface area contributed by atoms with E-state index in [0.717, 1.165) is 10.8 Å². The van der Waals surface area contributed by atoms with E-state index in [2.05, 4.69) is 11.8 Å². The maximum atomic E-state index is 12.0. The van der Waals surface area contributed by atoms with Crippen molar-refractivity contribution in [2.45, 2.75) is 0 Å². The normalized spacial score (nSPS) is 10.4. The van der Waals surface area contributed by atoms with Crippen LogP contribution in [0.1, 0.15) is 5.56 Å². The highest BCUT2D eigenvalue weighted by Gasteiger charge is 2.08. The van der Waals surface area contributed by atoms with Crippen molar-refractivity contribution in [1.82, 2.24) is 0 Å². The van der Waals surface area contributed by atoms with Gasteiger partial charge in [-0.15, -0.1) is 0 Å². The minimum atomic E-state index is -0.481. The molecule has 0 fully saturated rings. The highest BCUT2D eigenvalue weighted by atomic mass is 16.4. The average Bonchev–Trinajstić information content (AvgIpc) is 2.45. The Balaban J connectivity index is 2.37. The Hall–Kier alpha value is -2.77. The van der Waals surface area contributed by atoms with Gasteiger partial charge in [0.05, 0.1) is 5.39 Å². The standard InChI is InChI=1S/C16H10O4/c17-7-1-2-10-3-5-12-13-6-4-11(18)9-15(13)20-16(19)14(12)8-10/h3-6,8-9,17-18H,7H2. The zero-order chi connectivity index (χ0) is 14.1. The molecule has 0 saturated carbocycles. The van der Waals surface area contributed by atoms with Gasteiger partial charge in [0.25, 0.3) is 0 Å². The highest BCUT2D eigenvalue weighted by molar-refractivity contribution is 6.04. The lowest BCUT2D eigenvalue weighted by Crippen LogP contribution is -2.00. The van der Waals surface area contributed by atoms with E-state index in [1.165, 1.54) is 6.07 Å². The number of phenolic OH excluding ortho intramolecular Hbond substituents is 1. The Kier molecular flexibility index (Phi) is 2.90. The van der Waals surface area contributed by atoms with Crippen molar-refractivity contribution in [2.24, 2.45) is 0 Å². The van der Waals surface area contributed by atoms with Gasteiger partial charge in [-0.1, -0.05) is 17.9 Å². The van der Waals surface area contributed by atoms with Crippen LogP contribution in [-0.4, -0.2) is 16.8 Å². The molecule has 20 heavy (non-hydrogen) atoms. The number of fused-ring (bicyclic) bond motifs is 3. The molecule has 0 amide bonds. The van der Waals surface area contributed by atoms with E-state index >= 15 is 0 Å². The van der Waals surface area contributed by atoms with E-state index in [1.807, 2.05) is 0 Å². The number of hydrogen-bond donors (Lipinski definition) is 2. The monoisotopic (exact) mass is 266 g/mol. The van der Waals surface area contributed by atoms with Crippen LogP contribution in [0.25, 0.3) is 21.7 Å². The molecule has 1 aromatic heterocycles. The third-order valence-corrected chi connectivity index (χ3v) is 3.01. The van der Waals surface area contributed by atoms with Gasteiger partial charge in [0.2, 0.25) is 0 Å². The van der Waals surface area contributed by atoms with Crippen molar-refractivity contribution in [2.75, 3.05) is 6.61 Å². The molecule has 3 aromatic rings. The quantitative estimate of drug-likeness (QED) is 0.371. The highest BCUT2D eigenvalue weighted by Crippen LogP contribution is 2.26. The number of aliphatic hydroxyl groups excluding tert-OH is 1. The molecule has 0 unspecified atom stereocenters. The molecule has 0 spiro atoms. The van der Waals surface area contributed by atoms with E-state index in [4.69, 9.17) is 9.52 Å². The largest absolute Gasteiger partial charge is 0.508 e. The fourth-order valence-corrected chi connectivity index (χ4v) is 2.14. The van der Waals surface area contributed by atoms with Gasteiger partial charge in [0, 0.05) is 22.4 Å². The third-order valence-electron chi connectivity index (χ3n) is 3.01. The van der Waals surface area contributed by atoms with Crippen LogP contribution >= 0.6 is 0 Å². The molecule has 0 aliphatic rings. The molecular formula is C16H10O4. The van der Waals surface area contributed by atoms with Gasteiger partial charge < -0.3 is 14.6 Å². The van der Waals surface area contributed by atoms with Crippen molar-refractivity contribution in [3.05, 3.63) is 52.4 Å². The van der Waals surface area contributed by atoms with Crippen molar-refractivity contribution < 1.29 is 14.6 Å². The Morgan fingerprint density at radius 2 is 1.85 bits per heavy atom. The zero-order valence-electron chi connectivity index (χ0n) is 10.4. The van der Waals surface area contributed by atoms with E-state index in [-0.39, 0.29) is 12.4 Å². The number of hydrogen-bond acceptors (Lipinski definition) is 4. The maximum absolute atomic E-state index is 12.0. The summed E-state index contributed by atoms with van der Waals surface area (Å²) in [6.45, 7) is -0.232. The smallest absolute Gasteiger partial charge is 0.344 e. The molecule has 2 aromatic carbocycles. The lowest BCUT2D eigenvalue weighted by molar-refractivity contribution is 0.350. The molecule has 2 N–H and O–H groups in total. The van der Waals surface area contributed by atoms with Gasteiger partial charge in [0.1, 0.15) is 17.9 Å². The second-order valence-corrected chi connectivity index (χ2v) is 4.29. The summed E-state index contributed by atoms with van der Waals surface area (Å²) >= 11 is 0. The molecule has 4 nitrogen and oxygen atoms in total. The summed E-state index contributed by atoms with van der Waals surface area (Å²) in [6, 6.07) is 9.85. The summed E-state index contributed by atoms with van der Waals surface area (Å²) in [5.74, 6) is 5.33. The molecule has 0 aliphatic carbocycles. The topological polar surface area (TPSA) is 70.7 Å². The van der Waals surface area contributed by atoms with Gasteiger partial charge in [-0.3, -0.25) is 0 Å². The minimum Gasteiger partial charge on any atom is -0.508 e. The van der Waals surface area contributed by atoms with Gasteiger partial charge in [-0.25, -0.2) is 4.79 Å². The molecule has 0 aliphatic heterocycles. The van der Waals surface area contributed by atoms with Crippen molar-refractivity contribution in [3.63, 3.8) is 0 Å². The van der Waals surface area contributed by atoms with E-state index < -0.39 is 5.63 Å². The predicted molar refractivity (Wildman–Crippen MR) is 75.6 cm³/mol. The Labute approximate surface area is 113 Å². The first kappa shape index (κ1) is 12.3. The van der Waals surface area contributed by atoms with Gasteiger partial charge >= 0.3 is 5.63 Å². The van der Waals surface area contributed by atoms with Crippen LogP contribution < -0.4 is 5.63 Å². The summed E-state index contributed by atoms with van der Waals surface area (Å²) in [7, 11) is 0. The van der Waals surface area contributed by atoms with Crippen molar-refractivity contribution >= 4 is 21.7 Å². The van der Waals surface area contributed by atoms with Crippen LogP contribution in [0, 0.1) is 11.8 Å². The van der Waals surface area contributed by atoms with Crippen LogP contribution in [0.5, 0.6) is 5.75 Å². The molecular weight excluding hydrogens is 256 g/mol. The molecule has 0 radical (unpaired) electrons. The predicted octanol–water partition coefficient (Wildman–Crippen LogP) is 2.00. The number of rotatable bonds is 0. The average molecular weight is 266 g/mol. The number of phenols is 1. The molecule has 1 heterocycles. The first-order chi connectivity index (χ1) is 9.69. The zero-order valence-corrected chi connectivity index (χ0v) is 10.4. The van der Waals surface area contributed by atoms with E-state index in [0.29, 0.717) is 16.5 Å². The Bertz CT molecular complexity index is 926. The van der Waals surface area contributed by atoms with Crippen LogP contribution in [0.4, 0.5) is 0 Å². The summed E-state index contributed by atoms with van der Waals surface area (Å²) in [5.41, 5.74) is 0.499. The molecule has 0 bridgehead atoms. The number of aromatic hydroxyl groups is 1. The van der Waals surface area contributed by atoms with Crippen LogP contribution in [0.15, 0.2) is 45.6 Å². The molecule has 0 saturated heterocycles. The van der Waals surface area contributed by atoms with E-state index in [9.17, 15) is 9.90 Å². The fourth-order valence-electron chi connectivity index (χ4n) is 2.14. The van der Waals surface area contributed by atoms with Gasteiger partial charge in [0.15, 0.2) is 0 Å². The maximum Gasteiger partial charge on any atom is 0.344 e. The van der Waals surface area contributed by atoms with Crippen LogP contribution in [0.2, 0.25) is 0 Å². The van der Waals surface area contributed by atoms with Gasteiger partial charge in [-0.2, -0.15) is 0 Å². The third kappa shape index (κ3) is 2.00. The SMILES string of the molecule is O=c1oc2cc(O)ccc2c2ccc(C#CCO)cc12. The fraction of sp³-hybridized carbons (Fsp3) is 0.0625. The van der Waals surface area contributed by atoms with Gasteiger partial charge in [-0.05, 0) is 24.3 Å². The summed E-state index contributed by atoms with van der Waals surface area (Å²) in [5, 5.41) is 20.0. The molecule has 3 rings (SSSR count). The lowest BCUT2D eigenvalue weighted by atomic mass is 10.0.